The number of anilines is 2. The lowest BCUT2D eigenvalue weighted by Gasteiger charge is -2.16. The molecule has 2 aromatic carbocycles. The molecule has 2 N–H and O–H groups in total. The van der Waals surface area contributed by atoms with Crippen LogP contribution < -0.4 is 11.0 Å². The predicted molar refractivity (Wildman–Crippen MR) is 162 cm³/mol. The fourth-order valence-electron chi connectivity index (χ4n) is 5.02. The van der Waals surface area contributed by atoms with Crippen molar-refractivity contribution in [2.24, 2.45) is 0 Å². The molecule has 42 heavy (non-hydrogen) atoms. The van der Waals surface area contributed by atoms with Gasteiger partial charge in [0.2, 0.25) is 0 Å². The maximum Gasteiger partial charge on any atom is 0.356 e. The number of aryl methyl sites for hydroxylation is 2. The van der Waals surface area contributed by atoms with Crippen LogP contribution in [0.5, 0.6) is 0 Å². The lowest BCUT2D eigenvalue weighted by Crippen LogP contribution is -2.12. The molecular weight excluding hydrogens is 528 g/mol. The van der Waals surface area contributed by atoms with Crippen molar-refractivity contribution in [2.45, 2.75) is 25.7 Å². The summed E-state index contributed by atoms with van der Waals surface area (Å²) in [5, 5.41) is 0. The number of nitrogens with zero attached hydrogens (tertiary/aromatic N) is 2. The second-order valence-corrected chi connectivity index (χ2v) is 9.93. The summed E-state index contributed by atoms with van der Waals surface area (Å²) >= 11 is 0. The summed E-state index contributed by atoms with van der Waals surface area (Å²) in [7, 11) is 0. The molecule has 0 unspecified atom stereocenters. The van der Waals surface area contributed by atoms with E-state index in [0.29, 0.717) is 11.6 Å². The quantitative estimate of drug-likeness (QED) is 0.189. The number of pyridine rings is 2. The summed E-state index contributed by atoms with van der Waals surface area (Å²) in [6, 6.07) is 27.5. The van der Waals surface area contributed by atoms with E-state index in [0.717, 1.165) is 60.4 Å². The molecule has 8 nitrogen and oxygen atoms in total. The van der Waals surface area contributed by atoms with E-state index >= 15 is 0 Å². The number of allylic oxidation sites excluding steroid dienone is 2. The van der Waals surface area contributed by atoms with Crippen molar-refractivity contribution in [2.75, 3.05) is 11.0 Å². The topological polar surface area (TPSA) is 102 Å². The standard InChI is InChI=1S/C34H28N4O4/c39-33(41-37-31-13-5-11-29(35-31)27-17-15-23-7-1-3-9-25(23)21-27)19-20-34(40)42-38-32-14-6-12-30(36-32)28-18-16-24-8-2-4-10-26(24)22-28/h1-14,19-22H,15-18H2,(H,35,37)(H,36,38)/b20-19+. The van der Waals surface area contributed by atoms with Gasteiger partial charge in [0.15, 0.2) is 11.6 Å². The van der Waals surface area contributed by atoms with E-state index in [-0.39, 0.29) is 0 Å². The molecule has 0 saturated carbocycles. The van der Waals surface area contributed by atoms with E-state index in [1.165, 1.54) is 22.3 Å². The second-order valence-electron chi connectivity index (χ2n) is 9.93. The Morgan fingerprint density at radius 1 is 0.571 bits per heavy atom. The molecule has 0 aliphatic heterocycles. The van der Waals surface area contributed by atoms with Crippen LogP contribution in [0.4, 0.5) is 11.6 Å². The van der Waals surface area contributed by atoms with Gasteiger partial charge >= 0.3 is 11.9 Å². The van der Waals surface area contributed by atoms with Crippen LogP contribution in [0.25, 0.3) is 23.3 Å². The maximum absolute atomic E-state index is 12.2. The number of fused-ring (bicyclic) bond motifs is 2. The van der Waals surface area contributed by atoms with Gasteiger partial charge in [0.1, 0.15) is 0 Å². The van der Waals surface area contributed by atoms with Crippen LogP contribution in [0, 0.1) is 0 Å². The van der Waals surface area contributed by atoms with Gasteiger partial charge in [-0.3, -0.25) is 0 Å². The highest BCUT2D eigenvalue weighted by Crippen LogP contribution is 2.31. The minimum Gasteiger partial charge on any atom is -0.337 e. The van der Waals surface area contributed by atoms with E-state index < -0.39 is 11.9 Å². The first-order valence-electron chi connectivity index (χ1n) is 13.7. The number of carbonyl (C=O) groups excluding carboxylic acids is 2. The van der Waals surface area contributed by atoms with Crippen LogP contribution in [-0.4, -0.2) is 21.9 Å². The first kappa shape index (κ1) is 26.7. The Hall–Kier alpha value is -5.50. The molecule has 2 aliphatic carbocycles. The molecule has 0 amide bonds. The van der Waals surface area contributed by atoms with Gasteiger partial charge in [-0.15, -0.1) is 0 Å². The van der Waals surface area contributed by atoms with Crippen molar-refractivity contribution in [3.8, 4) is 0 Å². The Kier molecular flexibility index (Phi) is 7.85. The fraction of sp³-hybridized carbons (Fsp3) is 0.118. The van der Waals surface area contributed by atoms with Crippen LogP contribution in [0.3, 0.4) is 0 Å². The molecule has 8 heteroatoms. The van der Waals surface area contributed by atoms with Crippen LogP contribution in [0.15, 0.2) is 97.1 Å². The zero-order chi connectivity index (χ0) is 28.7. The summed E-state index contributed by atoms with van der Waals surface area (Å²) in [6.45, 7) is 0. The van der Waals surface area contributed by atoms with Gasteiger partial charge in [0.25, 0.3) is 0 Å². The highest BCUT2D eigenvalue weighted by Gasteiger charge is 2.14. The monoisotopic (exact) mass is 556 g/mol. The number of hydrogen-bond acceptors (Lipinski definition) is 8. The summed E-state index contributed by atoms with van der Waals surface area (Å²) in [5.74, 6) is -0.814. The molecule has 0 atom stereocenters. The Labute approximate surface area is 243 Å². The Morgan fingerprint density at radius 2 is 1.02 bits per heavy atom. The van der Waals surface area contributed by atoms with Crippen molar-refractivity contribution >= 4 is 46.9 Å². The van der Waals surface area contributed by atoms with Crippen molar-refractivity contribution < 1.29 is 19.3 Å². The van der Waals surface area contributed by atoms with Crippen LogP contribution in [0.2, 0.25) is 0 Å². The Morgan fingerprint density at radius 3 is 1.50 bits per heavy atom. The van der Waals surface area contributed by atoms with Crippen LogP contribution in [0.1, 0.15) is 46.5 Å². The molecule has 0 saturated heterocycles. The average molecular weight is 557 g/mol. The first-order chi connectivity index (χ1) is 20.6. The van der Waals surface area contributed by atoms with Crippen LogP contribution >= 0.6 is 0 Å². The molecule has 2 heterocycles. The lowest BCUT2D eigenvalue weighted by molar-refractivity contribution is -0.137. The average Bonchev–Trinajstić information content (AvgIpc) is 3.05. The third-order valence-electron chi connectivity index (χ3n) is 7.12. The molecule has 0 spiro atoms. The Balaban J connectivity index is 0.997. The van der Waals surface area contributed by atoms with Crippen LogP contribution in [-0.2, 0) is 32.1 Å². The molecular formula is C34H28N4O4. The Bertz CT molecular complexity index is 1610. The van der Waals surface area contributed by atoms with E-state index in [1.54, 1.807) is 12.1 Å². The molecule has 2 aromatic heterocycles. The van der Waals surface area contributed by atoms with Crippen molar-refractivity contribution in [3.05, 3.63) is 131 Å². The molecule has 0 radical (unpaired) electrons. The van der Waals surface area contributed by atoms with Crippen molar-refractivity contribution in [3.63, 3.8) is 0 Å². The number of rotatable bonds is 8. The zero-order valence-electron chi connectivity index (χ0n) is 22.7. The number of nitrogens with one attached hydrogen (secondary N) is 2. The van der Waals surface area contributed by atoms with Gasteiger partial charge in [0, 0.05) is 12.2 Å². The van der Waals surface area contributed by atoms with Gasteiger partial charge < -0.3 is 9.68 Å². The number of carbonyl (C=O) groups is 2. The van der Waals surface area contributed by atoms with E-state index in [2.05, 4.69) is 57.3 Å². The molecule has 2 aliphatic rings. The van der Waals surface area contributed by atoms with E-state index in [1.807, 2.05) is 48.5 Å². The third-order valence-corrected chi connectivity index (χ3v) is 7.12. The summed E-state index contributed by atoms with van der Waals surface area (Å²) < 4.78 is 0. The minimum absolute atomic E-state index is 0.376. The van der Waals surface area contributed by atoms with Gasteiger partial charge in [-0.2, -0.15) is 0 Å². The van der Waals surface area contributed by atoms with Crippen molar-refractivity contribution in [1.29, 1.82) is 0 Å². The van der Waals surface area contributed by atoms with Gasteiger partial charge in [-0.05, 0) is 95.5 Å². The van der Waals surface area contributed by atoms with Gasteiger partial charge in [0.05, 0.1) is 11.4 Å². The maximum atomic E-state index is 12.2. The number of hydrogen-bond donors (Lipinski definition) is 2. The fourth-order valence-corrected chi connectivity index (χ4v) is 5.02. The van der Waals surface area contributed by atoms with E-state index in [9.17, 15) is 9.59 Å². The summed E-state index contributed by atoms with van der Waals surface area (Å²) in [4.78, 5) is 43.5. The molecule has 0 fully saturated rings. The smallest absolute Gasteiger partial charge is 0.337 e. The van der Waals surface area contributed by atoms with Gasteiger partial charge in [-0.1, -0.05) is 60.7 Å². The SMILES string of the molecule is O=C(/C=C/C(=O)ONc1cccc(C2=Cc3ccccc3CC2)n1)ONc1cccc(C2=Cc3ccccc3CC2)n1. The largest absolute Gasteiger partial charge is 0.356 e. The second kappa shape index (κ2) is 12.3. The molecule has 208 valence electrons. The molecule has 4 aromatic rings. The predicted octanol–water partition coefficient (Wildman–Crippen LogP) is 6.45. The first-order valence-corrected chi connectivity index (χ1v) is 13.7. The summed E-state index contributed by atoms with van der Waals surface area (Å²) in [6.07, 6.45) is 9.85. The third kappa shape index (κ3) is 6.45. The lowest BCUT2D eigenvalue weighted by atomic mass is 9.91. The number of benzene rings is 2. The number of aromatic nitrogens is 2. The highest BCUT2D eigenvalue weighted by molar-refractivity contribution is 5.92. The summed E-state index contributed by atoms with van der Waals surface area (Å²) in [5.41, 5.74) is 13.9. The highest BCUT2D eigenvalue weighted by atomic mass is 16.7. The van der Waals surface area contributed by atoms with E-state index in [4.69, 9.17) is 9.68 Å². The zero-order valence-corrected chi connectivity index (χ0v) is 22.7. The normalized spacial score (nSPS) is 13.7. The van der Waals surface area contributed by atoms with Crippen molar-refractivity contribution in [1.82, 2.24) is 9.97 Å². The molecule has 6 rings (SSSR count). The molecule has 0 bridgehead atoms. The van der Waals surface area contributed by atoms with Gasteiger partial charge in [-0.25, -0.2) is 30.5 Å². The minimum atomic E-state index is -0.783.